The summed E-state index contributed by atoms with van der Waals surface area (Å²) in [4.78, 5) is 10.8. The predicted molar refractivity (Wildman–Crippen MR) is 87.2 cm³/mol. The van der Waals surface area contributed by atoms with Gasteiger partial charge in [0.2, 0.25) is 11.8 Å². The molecule has 2 rings (SSSR count). The third-order valence-electron chi connectivity index (χ3n) is 2.89. The van der Waals surface area contributed by atoms with Crippen molar-refractivity contribution in [3.8, 4) is 11.5 Å². The van der Waals surface area contributed by atoms with E-state index >= 15 is 0 Å². The number of nitrogens with zero attached hydrogens (tertiary/aromatic N) is 2. The molecule has 1 aromatic heterocycles. The zero-order chi connectivity index (χ0) is 15.6. The van der Waals surface area contributed by atoms with Gasteiger partial charge in [0.15, 0.2) is 0 Å². The molecule has 0 saturated carbocycles. The molecule has 0 unspecified atom stereocenters. The Hall–Kier alpha value is -1.15. The van der Waals surface area contributed by atoms with Crippen LogP contribution in [-0.4, -0.2) is 21.3 Å². The highest BCUT2D eigenvalue weighted by atomic mass is 127. The van der Waals surface area contributed by atoms with Gasteiger partial charge in [0.1, 0.15) is 0 Å². The number of hydrogen-bond donors (Lipinski definition) is 1. The molecule has 0 atom stereocenters. The summed E-state index contributed by atoms with van der Waals surface area (Å²) in [5, 5.41) is 17.5. The van der Waals surface area contributed by atoms with Crippen LogP contribution in [0.5, 0.6) is 0 Å². The van der Waals surface area contributed by atoms with Gasteiger partial charge < -0.3 is 9.52 Å². The number of aromatic nitrogens is 2. The Kier molecular flexibility index (Phi) is 4.88. The topological polar surface area (TPSA) is 76.2 Å². The van der Waals surface area contributed by atoms with Gasteiger partial charge in [-0.1, -0.05) is 25.4 Å². The molecule has 7 heteroatoms. The number of aliphatic carboxylic acids is 1. The maximum atomic E-state index is 10.8. The zero-order valence-electron chi connectivity index (χ0n) is 11.6. The van der Waals surface area contributed by atoms with Crippen molar-refractivity contribution in [3.05, 3.63) is 32.7 Å². The van der Waals surface area contributed by atoms with Gasteiger partial charge in [0.25, 0.3) is 0 Å². The van der Waals surface area contributed by atoms with E-state index in [0.717, 1.165) is 9.13 Å². The number of benzene rings is 1. The van der Waals surface area contributed by atoms with Crippen LogP contribution >= 0.6 is 34.2 Å². The number of halogens is 2. The predicted octanol–water partition coefficient (Wildman–Crippen LogP) is 4.04. The van der Waals surface area contributed by atoms with Gasteiger partial charge >= 0.3 is 5.97 Å². The fraction of sp³-hybridized carbons (Fsp3) is 0.357. The molecule has 0 aliphatic heterocycles. The molecule has 1 aromatic carbocycles. The molecule has 2 aromatic rings. The first-order valence-corrected chi connectivity index (χ1v) is 7.72. The fourth-order valence-electron chi connectivity index (χ4n) is 1.95. The van der Waals surface area contributed by atoms with Crippen LogP contribution in [0.2, 0.25) is 5.02 Å². The lowest BCUT2D eigenvalue weighted by Gasteiger charge is -2.19. The van der Waals surface area contributed by atoms with Crippen molar-refractivity contribution in [2.75, 3.05) is 0 Å². The Labute approximate surface area is 140 Å². The van der Waals surface area contributed by atoms with E-state index in [-0.39, 0.29) is 6.42 Å². The molecule has 0 saturated heterocycles. The molecular formula is C14H14ClIN2O3. The summed E-state index contributed by atoms with van der Waals surface area (Å²) in [7, 11) is 0. The summed E-state index contributed by atoms with van der Waals surface area (Å²) in [6, 6.07) is 5.49. The van der Waals surface area contributed by atoms with E-state index in [1.54, 1.807) is 6.07 Å². The second-order valence-corrected chi connectivity index (χ2v) is 7.11. The Morgan fingerprint density at radius 3 is 2.76 bits per heavy atom. The molecule has 112 valence electrons. The van der Waals surface area contributed by atoms with Gasteiger partial charge in [0.05, 0.1) is 11.4 Å². The van der Waals surface area contributed by atoms with Gasteiger partial charge in [-0.3, -0.25) is 4.79 Å². The molecule has 0 aliphatic carbocycles. The number of carboxylic acid groups (broad SMARTS) is 1. The van der Waals surface area contributed by atoms with Crippen molar-refractivity contribution in [3.63, 3.8) is 0 Å². The van der Waals surface area contributed by atoms with Crippen molar-refractivity contribution in [1.29, 1.82) is 0 Å². The van der Waals surface area contributed by atoms with Crippen molar-refractivity contribution in [1.82, 2.24) is 10.2 Å². The quantitative estimate of drug-likeness (QED) is 0.739. The number of hydrogen-bond acceptors (Lipinski definition) is 4. The second kappa shape index (κ2) is 6.31. The molecule has 1 heterocycles. The van der Waals surface area contributed by atoms with Crippen LogP contribution in [0.25, 0.3) is 11.5 Å². The van der Waals surface area contributed by atoms with Gasteiger partial charge in [-0.05, 0) is 46.2 Å². The van der Waals surface area contributed by atoms with Crippen LogP contribution in [0, 0.1) is 8.99 Å². The van der Waals surface area contributed by atoms with Crippen molar-refractivity contribution >= 4 is 40.2 Å². The van der Waals surface area contributed by atoms with Crippen molar-refractivity contribution in [2.45, 2.75) is 26.7 Å². The standard InChI is InChI=1S/C14H14ClIN2O3/c1-14(2,7-12(19)20)6-11-17-18-13(21-11)8-3-4-10(16)9(15)5-8/h3-5H,6-7H2,1-2H3,(H,19,20). The largest absolute Gasteiger partial charge is 0.481 e. The summed E-state index contributed by atoms with van der Waals surface area (Å²) in [6.07, 6.45) is 0.449. The first-order chi connectivity index (χ1) is 9.77. The highest BCUT2D eigenvalue weighted by Gasteiger charge is 2.25. The molecule has 5 nitrogen and oxygen atoms in total. The molecule has 0 aliphatic rings. The maximum Gasteiger partial charge on any atom is 0.303 e. The molecular weight excluding hydrogens is 407 g/mol. The number of rotatable bonds is 5. The van der Waals surface area contributed by atoms with Crippen LogP contribution in [0.15, 0.2) is 22.6 Å². The van der Waals surface area contributed by atoms with Crippen LogP contribution in [0.4, 0.5) is 0 Å². The molecule has 0 amide bonds. The van der Waals surface area contributed by atoms with E-state index in [4.69, 9.17) is 21.1 Å². The maximum absolute atomic E-state index is 10.8. The Balaban J connectivity index is 2.18. The van der Waals surface area contributed by atoms with E-state index in [9.17, 15) is 4.79 Å². The minimum Gasteiger partial charge on any atom is -0.481 e. The SMILES string of the molecule is CC(C)(CC(=O)O)Cc1nnc(-c2ccc(I)c(Cl)c2)o1. The fourth-order valence-corrected chi connectivity index (χ4v) is 2.47. The van der Waals surface area contributed by atoms with Gasteiger partial charge in [-0.2, -0.15) is 0 Å². The summed E-state index contributed by atoms with van der Waals surface area (Å²) in [6.45, 7) is 3.71. The molecule has 0 bridgehead atoms. The molecule has 0 fully saturated rings. The third-order valence-corrected chi connectivity index (χ3v) is 4.47. The molecule has 1 N–H and O–H groups in total. The van der Waals surface area contributed by atoms with Gasteiger partial charge in [0, 0.05) is 15.6 Å². The Morgan fingerprint density at radius 2 is 2.14 bits per heavy atom. The van der Waals surface area contributed by atoms with Crippen LogP contribution in [0.1, 0.15) is 26.2 Å². The monoisotopic (exact) mass is 420 g/mol. The molecule has 21 heavy (non-hydrogen) atoms. The lowest BCUT2D eigenvalue weighted by Crippen LogP contribution is -2.19. The minimum absolute atomic E-state index is 0.0417. The summed E-state index contributed by atoms with van der Waals surface area (Å²) in [5.74, 6) is -0.0375. The van der Waals surface area contributed by atoms with Gasteiger partial charge in [-0.25, -0.2) is 0 Å². The van der Waals surface area contributed by atoms with Crippen LogP contribution in [0.3, 0.4) is 0 Å². The van der Waals surface area contributed by atoms with E-state index in [2.05, 4.69) is 32.8 Å². The van der Waals surface area contributed by atoms with E-state index in [1.807, 2.05) is 26.0 Å². The summed E-state index contributed by atoms with van der Waals surface area (Å²) in [5.41, 5.74) is 0.300. The van der Waals surface area contributed by atoms with Crippen LogP contribution < -0.4 is 0 Å². The average molecular weight is 421 g/mol. The lowest BCUT2D eigenvalue weighted by atomic mass is 9.86. The minimum atomic E-state index is -0.843. The van der Waals surface area contributed by atoms with Crippen LogP contribution in [-0.2, 0) is 11.2 Å². The number of carboxylic acids is 1. The van der Waals surface area contributed by atoms with E-state index in [0.29, 0.717) is 23.2 Å². The first-order valence-electron chi connectivity index (χ1n) is 6.26. The Bertz CT molecular complexity index is 670. The highest BCUT2D eigenvalue weighted by molar-refractivity contribution is 14.1. The average Bonchev–Trinajstić information content (AvgIpc) is 2.78. The normalized spacial score (nSPS) is 11.6. The molecule has 0 spiro atoms. The highest BCUT2D eigenvalue weighted by Crippen LogP contribution is 2.29. The number of carbonyl (C=O) groups is 1. The van der Waals surface area contributed by atoms with Crippen molar-refractivity contribution < 1.29 is 14.3 Å². The zero-order valence-corrected chi connectivity index (χ0v) is 14.5. The second-order valence-electron chi connectivity index (χ2n) is 5.54. The van der Waals surface area contributed by atoms with Crippen molar-refractivity contribution in [2.24, 2.45) is 5.41 Å². The molecule has 0 radical (unpaired) electrons. The third kappa shape index (κ3) is 4.41. The Morgan fingerprint density at radius 1 is 1.43 bits per heavy atom. The summed E-state index contributed by atoms with van der Waals surface area (Å²) >= 11 is 8.21. The smallest absolute Gasteiger partial charge is 0.303 e. The van der Waals surface area contributed by atoms with E-state index < -0.39 is 11.4 Å². The summed E-state index contributed by atoms with van der Waals surface area (Å²) < 4.78 is 6.55. The lowest BCUT2D eigenvalue weighted by molar-refractivity contribution is -0.139. The first kappa shape index (κ1) is 16.2. The van der Waals surface area contributed by atoms with E-state index in [1.165, 1.54) is 0 Å². The van der Waals surface area contributed by atoms with Gasteiger partial charge in [-0.15, -0.1) is 10.2 Å².